The Labute approximate surface area is 174 Å². The SMILES string of the molecule is CCc1ccc(OCC(O)CNCCCn2cnc3c2c(=O)n(C)c(=O)n3C)cc1. The Morgan fingerprint density at radius 3 is 2.60 bits per heavy atom. The molecule has 1 aromatic carbocycles. The largest absolute Gasteiger partial charge is 0.491 e. The van der Waals surface area contributed by atoms with Gasteiger partial charge in [0.25, 0.3) is 5.56 Å². The smallest absolute Gasteiger partial charge is 0.332 e. The number of nitrogens with one attached hydrogen (secondary N) is 1. The number of rotatable bonds is 10. The van der Waals surface area contributed by atoms with E-state index in [1.807, 2.05) is 24.3 Å². The van der Waals surface area contributed by atoms with Gasteiger partial charge in [0.1, 0.15) is 18.5 Å². The van der Waals surface area contributed by atoms with E-state index in [4.69, 9.17) is 4.74 Å². The zero-order chi connectivity index (χ0) is 21.7. The number of fused-ring (bicyclic) bond motifs is 1. The molecule has 30 heavy (non-hydrogen) atoms. The van der Waals surface area contributed by atoms with Crippen LogP contribution >= 0.6 is 0 Å². The molecule has 2 heterocycles. The summed E-state index contributed by atoms with van der Waals surface area (Å²) in [5.74, 6) is 0.745. The van der Waals surface area contributed by atoms with Crippen LogP contribution in [-0.4, -0.2) is 49.6 Å². The first-order valence-corrected chi connectivity index (χ1v) is 10.1. The minimum absolute atomic E-state index is 0.217. The average Bonchev–Trinajstić information content (AvgIpc) is 3.19. The van der Waals surface area contributed by atoms with E-state index in [-0.39, 0.29) is 12.2 Å². The molecule has 0 amide bonds. The highest BCUT2D eigenvalue weighted by atomic mass is 16.5. The zero-order valence-corrected chi connectivity index (χ0v) is 17.7. The summed E-state index contributed by atoms with van der Waals surface area (Å²) in [4.78, 5) is 28.6. The molecule has 0 fully saturated rings. The third kappa shape index (κ3) is 4.80. The van der Waals surface area contributed by atoms with Gasteiger partial charge in [0.05, 0.1) is 6.33 Å². The highest BCUT2D eigenvalue weighted by Gasteiger charge is 2.14. The Hall–Kier alpha value is -2.91. The van der Waals surface area contributed by atoms with E-state index in [1.165, 1.54) is 17.2 Å². The van der Waals surface area contributed by atoms with Crippen molar-refractivity contribution in [2.24, 2.45) is 14.1 Å². The van der Waals surface area contributed by atoms with Crippen LogP contribution in [0.3, 0.4) is 0 Å². The fourth-order valence-corrected chi connectivity index (χ4v) is 3.28. The number of hydrogen-bond donors (Lipinski definition) is 2. The number of nitrogens with zero attached hydrogens (tertiary/aromatic N) is 4. The molecule has 1 atom stereocenters. The van der Waals surface area contributed by atoms with Crippen molar-refractivity contribution in [3.8, 4) is 5.75 Å². The molecule has 0 aliphatic carbocycles. The van der Waals surface area contributed by atoms with Crippen molar-refractivity contribution in [3.63, 3.8) is 0 Å². The van der Waals surface area contributed by atoms with Gasteiger partial charge in [0, 0.05) is 27.2 Å². The number of aryl methyl sites for hydroxylation is 3. The second kappa shape index (κ2) is 9.73. The molecule has 0 aliphatic heterocycles. The van der Waals surface area contributed by atoms with Gasteiger partial charge in [-0.1, -0.05) is 19.1 Å². The molecule has 162 valence electrons. The van der Waals surface area contributed by atoms with Crippen molar-refractivity contribution in [1.29, 1.82) is 0 Å². The molecule has 3 rings (SSSR count). The van der Waals surface area contributed by atoms with E-state index in [2.05, 4.69) is 17.2 Å². The van der Waals surface area contributed by atoms with Crippen LogP contribution in [0.2, 0.25) is 0 Å². The van der Waals surface area contributed by atoms with Crippen LogP contribution in [0, 0.1) is 0 Å². The number of ether oxygens (including phenoxy) is 1. The van der Waals surface area contributed by atoms with Gasteiger partial charge in [0.2, 0.25) is 0 Å². The number of benzene rings is 1. The molecule has 0 spiro atoms. The van der Waals surface area contributed by atoms with Crippen molar-refractivity contribution < 1.29 is 9.84 Å². The highest BCUT2D eigenvalue weighted by molar-refractivity contribution is 5.69. The lowest BCUT2D eigenvalue weighted by Crippen LogP contribution is -2.37. The summed E-state index contributed by atoms with van der Waals surface area (Å²) in [6.07, 6.45) is 2.68. The molecular weight excluding hydrogens is 386 g/mol. The van der Waals surface area contributed by atoms with Crippen molar-refractivity contribution >= 4 is 11.2 Å². The molecular formula is C21H29N5O4. The molecule has 1 unspecified atom stereocenters. The number of hydrogen-bond acceptors (Lipinski definition) is 6. The summed E-state index contributed by atoms with van der Waals surface area (Å²) in [5.41, 5.74) is 1.31. The lowest BCUT2D eigenvalue weighted by Gasteiger charge is -2.13. The maximum Gasteiger partial charge on any atom is 0.332 e. The standard InChI is InChI=1S/C21H29N5O4/c1-4-15-6-8-17(9-7-15)30-13-16(27)12-22-10-5-11-26-14-23-19-18(26)20(28)25(3)21(29)24(19)2/h6-9,14,16,22,27H,4-5,10-13H2,1-3H3. The molecule has 0 saturated heterocycles. The predicted octanol–water partition coefficient (Wildman–Crippen LogP) is 0.416. The van der Waals surface area contributed by atoms with Gasteiger partial charge in [-0.3, -0.25) is 13.9 Å². The first-order chi connectivity index (χ1) is 14.4. The number of aliphatic hydroxyl groups is 1. The van der Waals surface area contributed by atoms with E-state index in [0.717, 1.165) is 23.2 Å². The monoisotopic (exact) mass is 415 g/mol. The fraction of sp³-hybridized carbons (Fsp3) is 0.476. The van der Waals surface area contributed by atoms with Gasteiger partial charge < -0.3 is 19.7 Å². The van der Waals surface area contributed by atoms with Crippen molar-refractivity contribution in [2.75, 3.05) is 19.7 Å². The number of imidazole rings is 1. The molecule has 9 heteroatoms. The lowest BCUT2D eigenvalue weighted by molar-refractivity contribution is 0.106. The highest BCUT2D eigenvalue weighted by Crippen LogP contribution is 2.12. The second-order valence-corrected chi connectivity index (χ2v) is 7.34. The van der Waals surface area contributed by atoms with Crippen molar-refractivity contribution in [3.05, 3.63) is 57.0 Å². The van der Waals surface area contributed by atoms with Gasteiger partial charge in [-0.2, -0.15) is 0 Å². The van der Waals surface area contributed by atoms with Gasteiger partial charge in [-0.15, -0.1) is 0 Å². The Morgan fingerprint density at radius 1 is 1.17 bits per heavy atom. The molecule has 2 N–H and O–H groups in total. The normalized spacial score (nSPS) is 12.4. The predicted molar refractivity (Wildman–Crippen MR) is 115 cm³/mol. The molecule has 2 aromatic heterocycles. The molecule has 3 aromatic rings. The Bertz CT molecular complexity index is 1100. The summed E-state index contributed by atoms with van der Waals surface area (Å²) >= 11 is 0. The van der Waals surface area contributed by atoms with Crippen LogP contribution in [0.1, 0.15) is 18.9 Å². The van der Waals surface area contributed by atoms with Crippen molar-refractivity contribution in [2.45, 2.75) is 32.4 Å². The molecule has 0 aliphatic rings. The van der Waals surface area contributed by atoms with E-state index in [0.29, 0.717) is 30.8 Å². The molecule has 0 radical (unpaired) electrons. The fourth-order valence-electron chi connectivity index (χ4n) is 3.28. The summed E-state index contributed by atoms with van der Waals surface area (Å²) in [6, 6.07) is 7.86. The maximum atomic E-state index is 12.4. The second-order valence-electron chi connectivity index (χ2n) is 7.34. The Kier molecular flexibility index (Phi) is 7.07. The minimum atomic E-state index is -0.619. The van der Waals surface area contributed by atoms with Crippen LogP contribution in [0.15, 0.2) is 40.2 Å². The van der Waals surface area contributed by atoms with E-state index >= 15 is 0 Å². The van der Waals surface area contributed by atoms with Crippen LogP contribution in [0.5, 0.6) is 5.75 Å². The third-order valence-corrected chi connectivity index (χ3v) is 5.12. The third-order valence-electron chi connectivity index (χ3n) is 5.12. The maximum absolute atomic E-state index is 12.4. The Morgan fingerprint density at radius 2 is 1.90 bits per heavy atom. The summed E-state index contributed by atoms with van der Waals surface area (Å²) in [6.45, 7) is 3.96. The van der Waals surface area contributed by atoms with Gasteiger partial charge in [-0.25, -0.2) is 9.78 Å². The van der Waals surface area contributed by atoms with Gasteiger partial charge >= 0.3 is 5.69 Å². The summed E-state index contributed by atoms with van der Waals surface area (Å²) in [5, 5.41) is 13.3. The van der Waals surface area contributed by atoms with Crippen LogP contribution in [0.4, 0.5) is 0 Å². The number of aliphatic hydroxyl groups excluding tert-OH is 1. The van der Waals surface area contributed by atoms with Crippen molar-refractivity contribution in [1.82, 2.24) is 24.0 Å². The topological polar surface area (TPSA) is 103 Å². The first kappa shape index (κ1) is 21.8. The number of aromatic nitrogens is 4. The summed E-state index contributed by atoms with van der Waals surface area (Å²) in [7, 11) is 3.06. The van der Waals surface area contributed by atoms with Crippen LogP contribution in [-0.2, 0) is 27.1 Å². The molecule has 0 saturated carbocycles. The minimum Gasteiger partial charge on any atom is -0.491 e. The zero-order valence-electron chi connectivity index (χ0n) is 17.7. The van der Waals surface area contributed by atoms with E-state index in [1.54, 1.807) is 17.9 Å². The van der Waals surface area contributed by atoms with Gasteiger partial charge in [0.15, 0.2) is 11.2 Å². The first-order valence-electron chi connectivity index (χ1n) is 10.1. The average molecular weight is 415 g/mol. The quantitative estimate of drug-likeness (QED) is 0.465. The van der Waals surface area contributed by atoms with Crippen LogP contribution in [0.25, 0.3) is 11.2 Å². The van der Waals surface area contributed by atoms with E-state index in [9.17, 15) is 14.7 Å². The van der Waals surface area contributed by atoms with Gasteiger partial charge in [-0.05, 0) is 37.1 Å². The van der Waals surface area contributed by atoms with E-state index < -0.39 is 11.8 Å². The summed E-state index contributed by atoms with van der Waals surface area (Å²) < 4.78 is 9.83. The lowest BCUT2D eigenvalue weighted by atomic mass is 10.2. The van der Waals surface area contributed by atoms with Crippen LogP contribution < -0.4 is 21.3 Å². The molecule has 9 nitrogen and oxygen atoms in total. The Balaban J connectivity index is 1.44. The molecule has 0 bridgehead atoms.